The monoisotopic (exact) mass is 348 g/mol. The lowest BCUT2D eigenvalue weighted by Gasteiger charge is -2.00. The Morgan fingerprint density at radius 1 is 1.08 bits per heavy atom. The molecule has 1 aliphatic rings. The highest BCUT2D eigenvalue weighted by Gasteiger charge is 2.10. The van der Waals surface area contributed by atoms with Crippen LogP contribution in [0.3, 0.4) is 0 Å². The minimum atomic E-state index is 0.832. The fourth-order valence-electron chi connectivity index (χ4n) is 2.79. The molecule has 0 amide bonds. The largest absolute Gasteiger partial charge is 0.337 e. The zero-order valence-corrected chi connectivity index (χ0v) is 15.2. The predicted molar refractivity (Wildman–Crippen MR) is 105 cm³/mol. The van der Waals surface area contributed by atoms with Gasteiger partial charge >= 0.3 is 0 Å². The standard InChI is InChI=1S/C20H20N4S/c1-13-9-16-17(10-14(13)2)22-20(21-16)18-11-19(24-23-18)25-12-15-7-5-3-4-6-8-15/h3-7,9-11H,8,12H2,1-2H3,(H,21,22)(H,23,24). The summed E-state index contributed by atoms with van der Waals surface area (Å²) in [5.74, 6) is 1.77. The van der Waals surface area contributed by atoms with Gasteiger partial charge in [-0.1, -0.05) is 36.0 Å². The molecule has 0 spiro atoms. The first-order chi connectivity index (χ1) is 12.2. The van der Waals surface area contributed by atoms with Crippen LogP contribution in [0.1, 0.15) is 17.5 Å². The first-order valence-electron chi connectivity index (χ1n) is 8.36. The topological polar surface area (TPSA) is 57.4 Å². The van der Waals surface area contributed by atoms with Crippen LogP contribution < -0.4 is 0 Å². The zero-order chi connectivity index (χ0) is 17.2. The Kier molecular flexibility index (Phi) is 4.32. The highest BCUT2D eigenvalue weighted by molar-refractivity contribution is 7.99. The number of hydrogen-bond donors (Lipinski definition) is 2. The Morgan fingerprint density at radius 3 is 2.88 bits per heavy atom. The summed E-state index contributed by atoms with van der Waals surface area (Å²) in [7, 11) is 0. The molecule has 0 saturated heterocycles. The number of rotatable bonds is 4. The van der Waals surface area contributed by atoms with Crippen LogP contribution in [-0.2, 0) is 0 Å². The van der Waals surface area contributed by atoms with Crippen LogP contribution >= 0.6 is 11.8 Å². The lowest BCUT2D eigenvalue weighted by molar-refractivity contribution is 1.00. The van der Waals surface area contributed by atoms with Crippen molar-refractivity contribution in [3.05, 3.63) is 65.3 Å². The third kappa shape index (κ3) is 3.46. The lowest BCUT2D eigenvalue weighted by Crippen LogP contribution is -1.85. The Bertz CT molecular complexity index is 965. The molecule has 25 heavy (non-hydrogen) atoms. The van der Waals surface area contributed by atoms with Crippen LogP contribution in [0.2, 0.25) is 0 Å². The fourth-order valence-corrected chi connectivity index (χ4v) is 3.65. The van der Waals surface area contributed by atoms with Crippen molar-refractivity contribution in [3.63, 3.8) is 0 Å². The van der Waals surface area contributed by atoms with Gasteiger partial charge in [-0.25, -0.2) is 4.98 Å². The Morgan fingerprint density at radius 2 is 1.96 bits per heavy atom. The summed E-state index contributed by atoms with van der Waals surface area (Å²) in [6.07, 6.45) is 11.6. The van der Waals surface area contributed by atoms with Gasteiger partial charge in [0.2, 0.25) is 0 Å². The molecule has 2 heterocycles. The van der Waals surface area contributed by atoms with Gasteiger partial charge in [-0.15, -0.1) is 11.8 Å². The van der Waals surface area contributed by atoms with Crippen molar-refractivity contribution in [2.45, 2.75) is 25.3 Å². The molecule has 1 aliphatic carbocycles. The van der Waals surface area contributed by atoms with E-state index in [1.54, 1.807) is 11.8 Å². The molecule has 5 heteroatoms. The van der Waals surface area contributed by atoms with Gasteiger partial charge in [0.15, 0.2) is 5.82 Å². The van der Waals surface area contributed by atoms with Crippen molar-refractivity contribution in [1.29, 1.82) is 0 Å². The van der Waals surface area contributed by atoms with E-state index in [0.29, 0.717) is 0 Å². The van der Waals surface area contributed by atoms with E-state index in [4.69, 9.17) is 4.98 Å². The molecule has 0 atom stereocenters. The molecule has 126 valence electrons. The maximum Gasteiger partial charge on any atom is 0.156 e. The normalized spacial score (nSPS) is 14.1. The minimum Gasteiger partial charge on any atom is -0.337 e. The highest BCUT2D eigenvalue weighted by Crippen LogP contribution is 2.26. The van der Waals surface area contributed by atoms with E-state index < -0.39 is 0 Å². The van der Waals surface area contributed by atoms with E-state index in [-0.39, 0.29) is 0 Å². The maximum atomic E-state index is 4.69. The molecular formula is C20H20N4S. The zero-order valence-electron chi connectivity index (χ0n) is 14.3. The predicted octanol–water partition coefficient (Wildman–Crippen LogP) is 5.10. The van der Waals surface area contributed by atoms with Crippen LogP contribution in [0, 0.1) is 13.8 Å². The number of fused-ring (bicyclic) bond motifs is 1. The number of benzene rings is 1. The van der Waals surface area contributed by atoms with Gasteiger partial charge in [0.05, 0.1) is 11.0 Å². The number of aryl methyl sites for hydroxylation is 2. The number of H-pyrrole nitrogens is 2. The molecule has 0 aliphatic heterocycles. The molecule has 2 N–H and O–H groups in total. The minimum absolute atomic E-state index is 0.832. The molecular weight excluding hydrogens is 328 g/mol. The van der Waals surface area contributed by atoms with Gasteiger partial charge in [-0.3, -0.25) is 5.10 Å². The molecule has 4 rings (SSSR count). The molecule has 1 aromatic carbocycles. The van der Waals surface area contributed by atoms with Crippen LogP contribution in [0.15, 0.2) is 59.2 Å². The van der Waals surface area contributed by atoms with Crippen molar-refractivity contribution in [3.8, 4) is 11.5 Å². The summed E-state index contributed by atoms with van der Waals surface area (Å²) in [6.45, 7) is 4.23. The maximum absolute atomic E-state index is 4.69. The first kappa shape index (κ1) is 16.0. The number of hydrogen-bond acceptors (Lipinski definition) is 3. The lowest BCUT2D eigenvalue weighted by atomic mass is 10.1. The molecule has 2 aromatic heterocycles. The third-order valence-corrected chi connectivity index (χ3v) is 5.40. The van der Waals surface area contributed by atoms with E-state index in [1.165, 1.54) is 16.7 Å². The summed E-state index contributed by atoms with van der Waals surface area (Å²) in [6, 6.07) is 6.33. The molecule has 3 aromatic rings. The van der Waals surface area contributed by atoms with E-state index >= 15 is 0 Å². The van der Waals surface area contributed by atoms with Gasteiger partial charge in [0.25, 0.3) is 0 Å². The Balaban J connectivity index is 1.52. The number of nitrogens with zero attached hydrogens (tertiary/aromatic N) is 2. The number of imidazole rings is 1. The van der Waals surface area contributed by atoms with E-state index in [0.717, 1.165) is 39.8 Å². The van der Waals surface area contributed by atoms with Crippen LogP contribution in [0.5, 0.6) is 0 Å². The number of aromatic nitrogens is 4. The summed E-state index contributed by atoms with van der Waals surface area (Å²) in [4.78, 5) is 8.08. The van der Waals surface area contributed by atoms with Crippen molar-refractivity contribution < 1.29 is 0 Å². The Hall–Kier alpha value is -2.53. The number of allylic oxidation sites excluding steroid dienone is 5. The van der Waals surface area contributed by atoms with E-state index in [9.17, 15) is 0 Å². The van der Waals surface area contributed by atoms with Gasteiger partial charge in [0, 0.05) is 11.8 Å². The average molecular weight is 348 g/mol. The van der Waals surface area contributed by atoms with Gasteiger partial charge in [-0.2, -0.15) is 5.10 Å². The molecule has 0 saturated carbocycles. The molecule has 0 fully saturated rings. The second-order valence-corrected chi connectivity index (χ2v) is 7.29. The number of thioether (sulfide) groups is 1. The van der Waals surface area contributed by atoms with Crippen molar-refractivity contribution in [2.24, 2.45) is 0 Å². The molecule has 4 nitrogen and oxygen atoms in total. The summed E-state index contributed by atoms with van der Waals surface area (Å²) in [5.41, 5.74) is 6.89. The quantitative estimate of drug-likeness (QED) is 0.645. The van der Waals surface area contributed by atoms with Crippen LogP contribution in [-0.4, -0.2) is 25.9 Å². The van der Waals surface area contributed by atoms with Crippen molar-refractivity contribution >= 4 is 22.8 Å². The average Bonchev–Trinajstić information content (AvgIpc) is 3.13. The summed E-state index contributed by atoms with van der Waals surface area (Å²) < 4.78 is 0. The van der Waals surface area contributed by atoms with Gasteiger partial charge in [-0.05, 0) is 43.5 Å². The van der Waals surface area contributed by atoms with Crippen LogP contribution in [0.4, 0.5) is 0 Å². The van der Waals surface area contributed by atoms with Gasteiger partial charge in [0.1, 0.15) is 10.7 Å². The summed E-state index contributed by atoms with van der Waals surface area (Å²) >= 11 is 1.74. The second-order valence-electron chi connectivity index (χ2n) is 6.29. The SMILES string of the molecule is Cc1cc2nc(-c3cc(SCC4=CC=CC=CC4)n[nH]3)[nH]c2cc1C. The van der Waals surface area contributed by atoms with Crippen LogP contribution in [0.25, 0.3) is 22.6 Å². The number of aromatic amines is 2. The fraction of sp³-hybridized carbons (Fsp3) is 0.200. The molecule has 0 unspecified atom stereocenters. The third-order valence-electron chi connectivity index (χ3n) is 4.38. The van der Waals surface area contributed by atoms with Crippen molar-refractivity contribution in [1.82, 2.24) is 20.2 Å². The number of nitrogens with one attached hydrogen (secondary N) is 2. The second kappa shape index (κ2) is 6.76. The first-order valence-corrected chi connectivity index (χ1v) is 9.34. The Labute approximate surface area is 151 Å². The molecule has 0 bridgehead atoms. The molecule has 0 radical (unpaired) electrons. The van der Waals surface area contributed by atoms with E-state index in [2.05, 4.69) is 77.6 Å². The smallest absolute Gasteiger partial charge is 0.156 e. The van der Waals surface area contributed by atoms with Gasteiger partial charge < -0.3 is 4.98 Å². The summed E-state index contributed by atoms with van der Waals surface area (Å²) in [5, 5.41) is 8.51. The van der Waals surface area contributed by atoms with Crippen molar-refractivity contribution in [2.75, 3.05) is 5.75 Å². The highest BCUT2D eigenvalue weighted by atomic mass is 32.2. The van der Waals surface area contributed by atoms with E-state index in [1.807, 2.05) is 0 Å².